The first kappa shape index (κ1) is 8.67. The van der Waals surface area contributed by atoms with Gasteiger partial charge in [-0.25, -0.2) is 0 Å². The van der Waals surface area contributed by atoms with E-state index in [1.54, 1.807) is 0 Å². The van der Waals surface area contributed by atoms with E-state index in [-0.39, 0.29) is 0 Å². The quantitative estimate of drug-likeness (QED) is 0.606. The van der Waals surface area contributed by atoms with Crippen molar-refractivity contribution in [1.82, 2.24) is 10.2 Å². The highest BCUT2D eigenvalue weighted by Crippen LogP contribution is 2.19. The molecule has 2 nitrogen and oxygen atoms in total. The summed E-state index contributed by atoms with van der Waals surface area (Å²) in [5, 5.41) is 8.25. The third-order valence-electron chi connectivity index (χ3n) is 2.84. The highest BCUT2D eigenvalue weighted by atomic mass is 15.1. The van der Waals surface area contributed by atoms with Crippen LogP contribution in [0.5, 0.6) is 0 Å². The van der Waals surface area contributed by atoms with Crippen LogP contribution in [0.4, 0.5) is 0 Å². The van der Waals surface area contributed by atoms with E-state index in [9.17, 15) is 0 Å². The lowest BCUT2D eigenvalue weighted by molar-refractivity contribution is 0.601. The molecule has 1 aliphatic rings. The number of aryl methyl sites for hydroxylation is 2. The lowest BCUT2D eigenvalue weighted by atomic mass is 9.95. The van der Waals surface area contributed by atoms with Crippen molar-refractivity contribution >= 4 is 0 Å². The van der Waals surface area contributed by atoms with Gasteiger partial charge in [0.05, 0.1) is 11.9 Å². The molecule has 1 aliphatic carbocycles. The van der Waals surface area contributed by atoms with Crippen LogP contribution in [0.3, 0.4) is 0 Å². The monoisotopic (exact) mass is 176 g/mol. The van der Waals surface area contributed by atoms with Gasteiger partial charge in [0.2, 0.25) is 0 Å². The molecule has 1 aromatic rings. The van der Waals surface area contributed by atoms with Crippen molar-refractivity contribution in [2.75, 3.05) is 0 Å². The number of aromatic nitrogens is 2. The molecule has 0 aromatic carbocycles. The molecule has 0 spiro atoms. The van der Waals surface area contributed by atoms with Crippen LogP contribution in [-0.4, -0.2) is 10.2 Å². The normalized spacial score (nSPS) is 17.3. The average molecular weight is 176 g/mol. The third-order valence-corrected chi connectivity index (χ3v) is 2.84. The van der Waals surface area contributed by atoms with Gasteiger partial charge in [-0.15, -0.1) is 0 Å². The predicted octanol–water partition coefficient (Wildman–Crippen LogP) is 2.44. The molecule has 0 atom stereocenters. The summed E-state index contributed by atoms with van der Waals surface area (Å²) in [5.41, 5.74) is 4.04. The Kier molecular flexibility index (Phi) is 2.57. The minimum Gasteiger partial charge on any atom is -0.159 e. The molecule has 0 saturated carbocycles. The minimum atomic E-state index is 1.13. The number of hydrogen-bond acceptors (Lipinski definition) is 2. The fourth-order valence-electron chi connectivity index (χ4n) is 2.04. The zero-order valence-electron chi connectivity index (χ0n) is 8.21. The smallest absolute Gasteiger partial charge is 0.0665 e. The van der Waals surface area contributed by atoms with Gasteiger partial charge in [-0.3, -0.25) is 0 Å². The minimum absolute atomic E-state index is 1.13. The lowest BCUT2D eigenvalue weighted by Gasteiger charge is -2.13. The van der Waals surface area contributed by atoms with Gasteiger partial charge in [0.15, 0.2) is 0 Å². The zero-order chi connectivity index (χ0) is 9.10. The molecule has 0 N–H and O–H groups in total. The van der Waals surface area contributed by atoms with Gasteiger partial charge in [0.1, 0.15) is 0 Å². The van der Waals surface area contributed by atoms with Crippen molar-refractivity contribution in [3.63, 3.8) is 0 Å². The van der Waals surface area contributed by atoms with Gasteiger partial charge in [0, 0.05) is 0 Å². The lowest BCUT2D eigenvalue weighted by Crippen LogP contribution is -2.05. The van der Waals surface area contributed by atoms with Crippen LogP contribution >= 0.6 is 0 Å². The zero-order valence-corrected chi connectivity index (χ0v) is 8.21. The van der Waals surface area contributed by atoms with E-state index in [1.165, 1.54) is 48.9 Å². The maximum absolute atomic E-state index is 4.23. The topological polar surface area (TPSA) is 25.8 Å². The molecule has 1 aromatic heterocycles. The average Bonchev–Trinajstić information content (AvgIpc) is 2.07. The van der Waals surface area contributed by atoms with Gasteiger partial charge in [0.25, 0.3) is 0 Å². The summed E-state index contributed by atoms with van der Waals surface area (Å²) >= 11 is 0. The predicted molar refractivity (Wildman–Crippen MR) is 52.6 cm³/mol. The third kappa shape index (κ3) is 1.87. The van der Waals surface area contributed by atoms with Crippen molar-refractivity contribution in [2.24, 2.45) is 0 Å². The molecule has 2 heteroatoms. The Morgan fingerprint density at radius 1 is 1.08 bits per heavy atom. The van der Waals surface area contributed by atoms with Crippen molar-refractivity contribution in [3.05, 3.63) is 23.0 Å². The summed E-state index contributed by atoms with van der Waals surface area (Å²) in [6.45, 7) is 2.15. The van der Waals surface area contributed by atoms with E-state index in [0.717, 1.165) is 6.42 Å². The Balaban J connectivity index is 2.33. The molecular formula is C11H16N2. The second-order valence-electron chi connectivity index (χ2n) is 3.87. The van der Waals surface area contributed by atoms with Crippen LogP contribution in [0.1, 0.15) is 42.5 Å². The number of rotatable bonds is 0. The number of hydrogen-bond donors (Lipinski definition) is 0. The molecule has 2 rings (SSSR count). The summed E-state index contributed by atoms with van der Waals surface area (Å²) in [4.78, 5) is 0. The Morgan fingerprint density at radius 2 is 1.85 bits per heavy atom. The summed E-state index contributed by atoms with van der Waals surface area (Å²) < 4.78 is 0. The van der Waals surface area contributed by atoms with Crippen LogP contribution in [0, 0.1) is 6.92 Å². The van der Waals surface area contributed by atoms with Gasteiger partial charge >= 0.3 is 0 Å². The SMILES string of the molecule is Cc1cnnc2c1CCCCCC2. The molecule has 0 fully saturated rings. The van der Waals surface area contributed by atoms with E-state index in [0.29, 0.717) is 0 Å². The Labute approximate surface area is 79.4 Å². The first-order valence-electron chi connectivity index (χ1n) is 5.18. The molecule has 0 bridgehead atoms. The second kappa shape index (κ2) is 3.86. The maximum Gasteiger partial charge on any atom is 0.0665 e. The van der Waals surface area contributed by atoms with E-state index in [1.807, 2.05) is 6.20 Å². The van der Waals surface area contributed by atoms with Gasteiger partial charge in [-0.05, 0) is 43.7 Å². The fraction of sp³-hybridized carbons (Fsp3) is 0.636. The largest absolute Gasteiger partial charge is 0.159 e. The van der Waals surface area contributed by atoms with Crippen LogP contribution in [0.15, 0.2) is 6.20 Å². The first-order valence-corrected chi connectivity index (χ1v) is 5.18. The van der Waals surface area contributed by atoms with Gasteiger partial charge < -0.3 is 0 Å². The van der Waals surface area contributed by atoms with Crippen molar-refractivity contribution in [2.45, 2.75) is 45.4 Å². The molecule has 70 valence electrons. The van der Waals surface area contributed by atoms with Crippen molar-refractivity contribution in [1.29, 1.82) is 0 Å². The van der Waals surface area contributed by atoms with E-state index in [2.05, 4.69) is 17.1 Å². The summed E-state index contributed by atoms with van der Waals surface area (Å²) in [5.74, 6) is 0. The standard InChI is InChI=1S/C11H16N2/c1-9-8-12-13-11-7-5-3-2-4-6-10(9)11/h8H,2-7H2,1H3. The van der Waals surface area contributed by atoms with Crippen LogP contribution in [0.2, 0.25) is 0 Å². The molecular weight excluding hydrogens is 160 g/mol. The van der Waals surface area contributed by atoms with E-state index < -0.39 is 0 Å². The number of nitrogens with zero attached hydrogens (tertiary/aromatic N) is 2. The van der Waals surface area contributed by atoms with Crippen LogP contribution < -0.4 is 0 Å². The number of fused-ring (bicyclic) bond motifs is 1. The highest BCUT2D eigenvalue weighted by Gasteiger charge is 2.10. The molecule has 13 heavy (non-hydrogen) atoms. The maximum atomic E-state index is 4.23. The second-order valence-corrected chi connectivity index (χ2v) is 3.87. The van der Waals surface area contributed by atoms with Gasteiger partial charge in [-0.1, -0.05) is 12.8 Å². The van der Waals surface area contributed by atoms with Crippen molar-refractivity contribution < 1.29 is 0 Å². The van der Waals surface area contributed by atoms with Crippen LogP contribution in [-0.2, 0) is 12.8 Å². The Morgan fingerprint density at radius 3 is 2.69 bits per heavy atom. The first-order chi connectivity index (χ1) is 6.38. The molecule has 0 radical (unpaired) electrons. The Hall–Kier alpha value is -0.920. The van der Waals surface area contributed by atoms with E-state index in [4.69, 9.17) is 0 Å². The molecule has 0 amide bonds. The molecule has 0 unspecified atom stereocenters. The molecule has 1 heterocycles. The summed E-state index contributed by atoms with van der Waals surface area (Å²) in [6.07, 6.45) is 9.56. The summed E-state index contributed by atoms with van der Waals surface area (Å²) in [7, 11) is 0. The van der Waals surface area contributed by atoms with Crippen molar-refractivity contribution in [3.8, 4) is 0 Å². The molecule has 0 aliphatic heterocycles. The van der Waals surface area contributed by atoms with Crippen LogP contribution in [0.25, 0.3) is 0 Å². The highest BCUT2D eigenvalue weighted by molar-refractivity contribution is 5.27. The van der Waals surface area contributed by atoms with E-state index >= 15 is 0 Å². The fourth-order valence-corrected chi connectivity index (χ4v) is 2.04. The summed E-state index contributed by atoms with van der Waals surface area (Å²) in [6, 6.07) is 0. The molecule has 0 saturated heterocycles. The Bertz CT molecular complexity index is 294. The van der Waals surface area contributed by atoms with Gasteiger partial charge in [-0.2, -0.15) is 10.2 Å².